The summed E-state index contributed by atoms with van der Waals surface area (Å²) < 4.78 is 0. The zero-order valence-corrected chi connectivity index (χ0v) is 12.8. The number of benzene rings is 1. The van der Waals surface area contributed by atoms with Crippen LogP contribution in [0.3, 0.4) is 0 Å². The van der Waals surface area contributed by atoms with Crippen LogP contribution in [0.1, 0.15) is 36.6 Å². The van der Waals surface area contributed by atoms with Gasteiger partial charge in [0.1, 0.15) is 0 Å². The maximum absolute atomic E-state index is 4.71. The molecule has 100 valence electrons. The van der Waals surface area contributed by atoms with Gasteiger partial charge in [0.15, 0.2) is 0 Å². The minimum absolute atomic E-state index is 0.125. The lowest BCUT2D eigenvalue weighted by Crippen LogP contribution is -2.18. The first-order valence-corrected chi connectivity index (χ1v) is 7.05. The second kappa shape index (κ2) is 5.30. The van der Waals surface area contributed by atoms with Crippen molar-refractivity contribution in [3.8, 4) is 0 Å². The van der Waals surface area contributed by atoms with Crippen LogP contribution in [0.2, 0.25) is 0 Å². The second-order valence-electron chi connectivity index (χ2n) is 4.99. The van der Waals surface area contributed by atoms with Crippen molar-refractivity contribution < 1.29 is 0 Å². The van der Waals surface area contributed by atoms with E-state index in [0.717, 1.165) is 22.6 Å². The van der Waals surface area contributed by atoms with Gasteiger partial charge in [-0.2, -0.15) is 0 Å². The Bertz CT molecular complexity index is 569. The van der Waals surface area contributed by atoms with Gasteiger partial charge in [0, 0.05) is 10.6 Å². The van der Waals surface area contributed by atoms with Crippen molar-refractivity contribution in [2.24, 2.45) is 0 Å². The van der Waals surface area contributed by atoms with Gasteiger partial charge < -0.3 is 4.90 Å². The molecule has 1 unspecified atom stereocenters. The first-order chi connectivity index (χ1) is 9.01. The molecule has 0 bridgehead atoms. The van der Waals surface area contributed by atoms with Gasteiger partial charge in [0.25, 0.3) is 0 Å². The van der Waals surface area contributed by atoms with E-state index in [1.807, 2.05) is 6.20 Å². The van der Waals surface area contributed by atoms with Crippen molar-refractivity contribution in [1.29, 1.82) is 0 Å². The topological polar surface area (TPSA) is 3.24 Å². The molecular formula is C17H21NS. The molecule has 1 aliphatic rings. The molecule has 0 spiro atoms. The van der Waals surface area contributed by atoms with Crippen LogP contribution < -0.4 is 0 Å². The van der Waals surface area contributed by atoms with Crippen LogP contribution in [0.25, 0.3) is 0 Å². The van der Waals surface area contributed by atoms with Gasteiger partial charge in [-0.25, -0.2) is 0 Å². The molecule has 1 aromatic rings. The van der Waals surface area contributed by atoms with Crippen LogP contribution in [-0.2, 0) is 6.42 Å². The van der Waals surface area contributed by atoms with Crippen LogP contribution in [0.5, 0.6) is 0 Å². The molecule has 1 heterocycles. The van der Waals surface area contributed by atoms with Gasteiger partial charge in [-0.15, -0.1) is 12.6 Å². The molecule has 0 N–H and O–H groups in total. The molecule has 0 fully saturated rings. The van der Waals surface area contributed by atoms with E-state index < -0.39 is 0 Å². The molecule has 1 aromatic carbocycles. The number of thiol groups is 1. The molecule has 2 rings (SSSR count). The Morgan fingerprint density at radius 2 is 2.05 bits per heavy atom. The Hall–Kier alpha value is -1.41. The number of hydrogen-bond acceptors (Lipinski definition) is 2. The van der Waals surface area contributed by atoms with Crippen molar-refractivity contribution in [2.45, 2.75) is 33.2 Å². The zero-order valence-electron chi connectivity index (χ0n) is 11.9. The van der Waals surface area contributed by atoms with Crippen LogP contribution in [0.15, 0.2) is 53.7 Å². The smallest absolute Gasteiger partial charge is 0.0900 e. The highest BCUT2D eigenvalue weighted by Gasteiger charge is 2.32. The Kier molecular flexibility index (Phi) is 3.91. The van der Waals surface area contributed by atoms with E-state index in [1.165, 1.54) is 16.7 Å². The second-order valence-corrected chi connectivity index (χ2v) is 5.48. The molecular weight excluding hydrogens is 250 g/mol. The van der Waals surface area contributed by atoms with Gasteiger partial charge in [-0.3, -0.25) is 0 Å². The molecule has 0 aromatic heterocycles. The van der Waals surface area contributed by atoms with E-state index in [0.29, 0.717) is 0 Å². The monoisotopic (exact) mass is 271 g/mol. The Morgan fingerprint density at radius 1 is 1.37 bits per heavy atom. The third-order valence-corrected chi connectivity index (χ3v) is 4.49. The van der Waals surface area contributed by atoms with Crippen molar-refractivity contribution in [3.05, 3.63) is 70.4 Å². The molecule has 0 radical (unpaired) electrons. The van der Waals surface area contributed by atoms with E-state index in [-0.39, 0.29) is 6.04 Å². The summed E-state index contributed by atoms with van der Waals surface area (Å²) in [6.45, 7) is 14.4. The first-order valence-electron chi connectivity index (χ1n) is 6.60. The average molecular weight is 271 g/mol. The largest absolute Gasteiger partial charge is 0.337 e. The molecule has 2 heteroatoms. The fourth-order valence-corrected chi connectivity index (χ4v) is 2.94. The van der Waals surface area contributed by atoms with Crippen LogP contribution >= 0.6 is 12.6 Å². The van der Waals surface area contributed by atoms with Crippen molar-refractivity contribution in [1.82, 2.24) is 4.90 Å². The Balaban J connectivity index is 2.57. The van der Waals surface area contributed by atoms with E-state index in [1.54, 1.807) is 0 Å². The van der Waals surface area contributed by atoms with E-state index >= 15 is 0 Å². The van der Waals surface area contributed by atoms with Crippen molar-refractivity contribution >= 4 is 12.6 Å². The summed E-state index contributed by atoms with van der Waals surface area (Å²) in [6.07, 6.45) is 2.89. The summed E-state index contributed by atoms with van der Waals surface area (Å²) >= 11 is 4.71. The molecule has 0 saturated heterocycles. The van der Waals surface area contributed by atoms with Crippen molar-refractivity contribution in [2.75, 3.05) is 0 Å². The number of nitrogens with zero attached hydrogens (tertiary/aromatic N) is 1. The number of rotatable bonds is 3. The normalized spacial score (nSPS) is 19.3. The highest BCUT2D eigenvalue weighted by Crippen LogP contribution is 2.45. The molecule has 0 saturated carbocycles. The van der Waals surface area contributed by atoms with Gasteiger partial charge in [0.05, 0.1) is 6.04 Å². The Morgan fingerprint density at radius 3 is 2.63 bits per heavy atom. The maximum Gasteiger partial charge on any atom is 0.0900 e. The van der Waals surface area contributed by atoms with E-state index in [2.05, 4.69) is 57.0 Å². The lowest BCUT2D eigenvalue weighted by atomic mass is 9.97. The molecule has 1 atom stereocenters. The average Bonchev–Trinajstić information content (AvgIpc) is 2.63. The SMILES string of the molecule is C=CN1C(=C)C(C)=C(S)C1c1cc(CC)ccc1C. The molecule has 0 amide bonds. The zero-order chi connectivity index (χ0) is 14.2. The summed E-state index contributed by atoms with van der Waals surface area (Å²) in [5, 5.41) is 0. The summed E-state index contributed by atoms with van der Waals surface area (Å²) in [4.78, 5) is 3.18. The molecule has 19 heavy (non-hydrogen) atoms. The highest BCUT2D eigenvalue weighted by atomic mass is 32.1. The highest BCUT2D eigenvalue weighted by molar-refractivity contribution is 7.84. The van der Waals surface area contributed by atoms with Crippen LogP contribution in [0.4, 0.5) is 0 Å². The predicted octanol–water partition coefficient (Wildman–Crippen LogP) is 4.78. The third-order valence-electron chi connectivity index (χ3n) is 3.91. The number of aryl methyl sites for hydroxylation is 2. The summed E-state index contributed by atoms with van der Waals surface area (Å²) in [5.41, 5.74) is 6.06. The van der Waals surface area contributed by atoms with Gasteiger partial charge >= 0.3 is 0 Å². The Labute approximate surface area is 121 Å². The third kappa shape index (κ3) is 2.25. The summed E-state index contributed by atoms with van der Waals surface area (Å²) in [7, 11) is 0. The lowest BCUT2D eigenvalue weighted by Gasteiger charge is -2.27. The minimum Gasteiger partial charge on any atom is -0.337 e. The molecule has 1 aliphatic heterocycles. The number of allylic oxidation sites excluding steroid dienone is 1. The fraction of sp³-hybridized carbons (Fsp3) is 0.294. The lowest BCUT2D eigenvalue weighted by molar-refractivity contribution is 0.433. The molecule has 0 aliphatic carbocycles. The van der Waals surface area contributed by atoms with Crippen LogP contribution in [0, 0.1) is 6.92 Å². The fourth-order valence-electron chi connectivity index (χ4n) is 2.55. The van der Waals surface area contributed by atoms with Crippen LogP contribution in [-0.4, -0.2) is 4.90 Å². The van der Waals surface area contributed by atoms with E-state index in [9.17, 15) is 0 Å². The van der Waals surface area contributed by atoms with E-state index in [4.69, 9.17) is 12.6 Å². The standard InChI is InChI=1S/C17H21NS/c1-6-14-9-8-11(3)15(10-14)16-17(19)12(4)13(5)18(16)7-2/h7-10,16,19H,2,5-6H2,1,3-4H3. The summed E-state index contributed by atoms with van der Waals surface area (Å²) in [6, 6.07) is 6.78. The first kappa shape index (κ1) is 14.0. The van der Waals surface area contributed by atoms with Gasteiger partial charge in [-0.1, -0.05) is 38.3 Å². The molecule has 1 nitrogen and oxygen atoms in total. The quantitative estimate of drug-likeness (QED) is 0.775. The summed E-state index contributed by atoms with van der Waals surface area (Å²) in [5.74, 6) is 0. The van der Waals surface area contributed by atoms with Gasteiger partial charge in [0.2, 0.25) is 0 Å². The predicted molar refractivity (Wildman–Crippen MR) is 86.2 cm³/mol. The van der Waals surface area contributed by atoms with Crippen molar-refractivity contribution in [3.63, 3.8) is 0 Å². The minimum atomic E-state index is 0.125. The number of hydrogen-bond donors (Lipinski definition) is 1. The van der Waals surface area contributed by atoms with Gasteiger partial charge in [-0.05, 0) is 48.7 Å². The maximum atomic E-state index is 4.71.